The SMILES string of the molecule is C[C@@H]1CCC[C@H]2O[C@H]2CC1. The highest BCUT2D eigenvalue weighted by atomic mass is 16.6. The Morgan fingerprint density at radius 2 is 1.80 bits per heavy atom. The second-order valence-electron chi connectivity index (χ2n) is 3.83. The summed E-state index contributed by atoms with van der Waals surface area (Å²) in [4.78, 5) is 0. The fraction of sp³-hybridized carbons (Fsp3) is 1.00. The van der Waals surface area contributed by atoms with Gasteiger partial charge in [0.15, 0.2) is 0 Å². The lowest BCUT2D eigenvalue weighted by Gasteiger charge is -2.11. The Bertz CT molecular complexity index is 120. The van der Waals surface area contributed by atoms with Crippen LogP contribution in [-0.2, 0) is 4.74 Å². The van der Waals surface area contributed by atoms with Gasteiger partial charge < -0.3 is 4.74 Å². The maximum Gasteiger partial charge on any atom is 0.0842 e. The van der Waals surface area contributed by atoms with Crippen molar-refractivity contribution < 1.29 is 4.74 Å². The predicted octanol–water partition coefficient (Wildman–Crippen LogP) is 2.35. The Hall–Kier alpha value is -0.0400. The summed E-state index contributed by atoms with van der Waals surface area (Å²) >= 11 is 0. The van der Waals surface area contributed by atoms with E-state index in [0.29, 0.717) is 12.2 Å². The molecule has 3 atom stereocenters. The largest absolute Gasteiger partial charge is 0.370 e. The first-order valence-corrected chi connectivity index (χ1v) is 4.52. The molecule has 0 aromatic heterocycles. The number of fused-ring (bicyclic) bond motifs is 1. The lowest BCUT2D eigenvalue weighted by molar-refractivity contribution is 0.356. The first-order valence-electron chi connectivity index (χ1n) is 4.52. The molecule has 1 saturated carbocycles. The van der Waals surface area contributed by atoms with E-state index in [0.717, 1.165) is 5.92 Å². The molecular formula is C9H16O. The van der Waals surface area contributed by atoms with Crippen LogP contribution >= 0.6 is 0 Å². The average Bonchev–Trinajstić information content (AvgIpc) is 2.59. The normalized spacial score (nSPS) is 47.1. The van der Waals surface area contributed by atoms with E-state index in [1.54, 1.807) is 0 Å². The maximum atomic E-state index is 5.49. The van der Waals surface area contributed by atoms with Gasteiger partial charge in [-0.3, -0.25) is 0 Å². The smallest absolute Gasteiger partial charge is 0.0842 e. The fourth-order valence-corrected chi connectivity index (χ4v) is 1.95. The molecule has 0 aromatic rings. The fourth-order valence-electron chi connectivity index (χ4n) is 1.95. The zero-order chi connectivity index (χ0) is 6.97. The van der Waals surface area contributed by atoms with Gasteiger partial charge in [0.05, 0.1) is 12.2 Å². The van der Waals surface area contributed by atoms with Crippen LogP contribution in [0.1, 0.15) is 39.0 Å². The summed E-state index contributed by atoms with van der Waals surface area (Å²) < 4.78 is 5.49. The van der Waals surface area contributed by atoms with Crippen LogP contribution in [0.15, 0.2) is 0 Å². The molecule has 1 nitrogen and oxygen atoms in total. The molecule has 1 aliphatic heterocycles. The molecule has 1 saturated heterocycles. The van der Waals surface area contributed by atoms with E-state index in [-0.39, 0.29) is 0 Å². The molecule has 58 valence electrons. The summed E-state index contributed by atoms with van der Waals surface area (Å²) in [7, 11) is 0. The molecule has 0 unspecified atom stereocenters. The van der Waals surface area contributed by atoms with Crippen molar-refractivity contribution in [2.75, 3.05) is 0 Å². The molecule has 2 rings (SSSR count). The van der Waals surface area contributed by atoms with Gasteiger partial charge in [-0.05, 0) is 25.2 Å². The van der Waals surface area contributed by atoms with Crippen molar-refractivity contribution in [3.8, 4) is 0 Å². The van der Waals surface area contributed by atoms with Crippen molar-refractivity contribution in [2.45, 2.75) is 51.2 Å². The number of hydrogen-bond donors (Lipinski definition) is 0. The van der Waals surface area contributed by atoms with Gasteiger partial charge in [0.1, 0.15) is 0 Å². The molecule has 2 aliphatic rings. The molecule has 1 heteroatoms. The molecular weight excluding hydrogens is 124 g/mol. The van der Waals surface area contributed by atoms with Crippen LogP contribution in [0.2, 0.25) is 0 Å². The minimum Gasteiger partial charge on any atom is -0.370 e. The number of epoxide rings is 1. The molecule has 0 aromatic carbocycles. The third-order valence-electron chi connectivity index (χ3n) is 2.82. The molecule has 0 N–H and O–H groups in total. The van der Waals surface area contributed by atoms with Crippen molar-refractivity contribution in [1.29, 1.82) is 0 Å². The molecule has 0 radical (unpaired) electrons. The van der Waals surface area contributed by atoms with Crippen LogP contribution in [-0.4, -0.2) is 12.2 Å². The van der Waals surface area contributed by atoms with Crippen LogP contribution in [0.25, 0.3) is 0 Å². The monoisotopic (exact) mass is 140 g/mol. The van der Waals surface area contributed by atoms with E-state index in [4.69, 9.17) is 4.74 Å². The van der Waals surface area contributed by atoms with Gasteiger partial charge >= 0.3 is 0 Å². The van der Waals surface area contributed by atoms with Gasteiger partial charge in [0.2, 0.25) is 0 Å². The number of hydrogen-bond acceptors (Lipinski definition) is 1. The molecule has 0 spiro atoms. The summed E-state index contributed by atoms with van der Waals surface area (Å²) in [5.74, 6) is 0.949. The molecule has 10 heavy (non-hydrogen) atoms. The molecule has 0 bridgehead atoms. The Balaban J connectivity index is 1.83. The Morgan fingerprint density at radius 3 is 2.70 bits per heavy atom. The van der Waals surface area contributed by atoms with Crippen molar-refractivity contribution in [2.24, 2.45) is 5.92 Å². The van der Waals surface area contributed by atoms with E-state index in [2.05, 4.69) is 6.92 Å². The first kappa shape index (κ1) is 6.66. The number of ether oxygens (including phenoxy) is 1. The van der Waals surface area contributed by atoms with Crippen LogP contribution in [0.3, 0.4) is 0 Å². The predicted molar refractivity (Wildman–Crippen MR) is 40.9 cm³/mol. The standard InChI is InChI=1S/C9H16O/c1-7-3-2-4-8-9(10-8)6-5-7/h7-9H,2-6H2,1H3/t7-,8-,9+/m1/s1. The molecule has 1 aliphatic carbocycles. The summed E-state index contributed by atoms with van der Waals surface area (Å²) in [6, 6.07) is 0. The first-order chi connectivity index (χ1) is 4.86. The van der Waals surface area contributed by atoms with Crippen LogP contribution in [0, 0.1) is 5.92 Å². The van der Waals surface area contributed by atoms with Gasteiger partial charge in [-0.25, -0.2) is 0 Å². The van der Waals surface area contributed by atoms with Gasteiger partial charge in [-0.1, -0.05) is 19.8 Å². The van der Waals surface area contributed by atoms with E-state index >= 15 is 0 Å². The van der Waals surface area contributed by atoms with Crippen LogP contribution in [0.5, 0.6) is 0 Å². The summed E-state index contributed by atoms with van der Waals surface area (Å²) in [6.07, 6.45) is 8.20. The van der Waals surface area contributed by atoms with E-state index < -0.39 is 0 Å². The van der Waals surface area contributed by atoms with Gasteiger partial charge in [0, 0.05) is 0 Å². The topological polar surface area (TPSA) is 12.5 Å². The zero-order valence-electron chi connectivity index (χ0n) is 6.68. The highest BCUT2D eigenvalue weighted by Crippen LogP contribution is 2.35. The van der Waals surface area contributed by atoms with E-state index in [9.17, 15) is 0 Å². The van der Waals surface area contributed by atoms with Gasteiger partial charge in [-0.15, -0.1) is 0 Å². The van der Waals surface area contributed by atoms with Crippen molar-refractivity contribution in [3.63, 3.8) is 0 Å². The molecule has 1 heterocycles. The number of rotatable bonds is 0. The third kappa shape index (κ3) is 1.34. The lowest BCUT2D eigenvalue weighted by Crippen LogP contribution is -2.04. The maximum absolute atomic E-state index is 5.49. The molecule has 0 amide bonds. The van der Waals surface area contributed by atoms with E-state index in [1.165, 1.54) is 32.1 Å². The third-order valence-corrected chi connectivity index (χ3v) is 2.82. The second-order valence-corrected chi connectivity index (χ2v) is 3.83. The molecule has 2 fully saturated rings. The van der Waals surface area contributed by atoms with Crippen LogP contribution in [0.4, 0.5) is 0 Å². The minimum atomic E-state index is 0.669. The summed E-state index contributed by atoms with van der Waals surface area (Å²) in [5.41, 5.74) is 0. The van der Waals surface area contributed by atoms with Crippen LogP contribution < -0.4 is 0 Å². The second kappa shape index (κ2) is 2.54. The summed E-state index contributed by atoms with van der Waals surface area (Å²) in [5, 5.41) is 0. The van der Waals surface area contributed by atoms with Crippen molar-refractivity contribution in [1.82, 2.24) is 0 Å². The quantitative estimate of drug-likeness (QED) is 0.470. The van der Waals surface area contributed by atoms with E-state index in [1.807, 2.05) is 0 Å². The average molecular weight is 140 g/mol. The van der Waals surface area contributed by atoms with Gasteiger partial charge in [-0.2, -0.15) is 0 Å². The zero-order valence-corrected chi connectivity index (χ0v) is 6.68. The van der Waals surface area contributed by atoms with Crippen molar-refractivity contribution >= 4 is 0 Å². The minimum absolute atomic E-state index is 0.669. The highest BCUT2D eigenvalue weighted by Gasteiger charge is 2.38. The lowest BCUT2D eigenvalue weighted by atomic mass is 9.93. The van der Waals surface area contributed by atoms with Crippen molar-refractivity contribution in [3.05, 3.63) is 0 Å². The van der Waals surface area contributed by atoms with Gasteiger partial charge in [0.25, 0.3) is 0 Å². The summed E-state index contributed by atoms with van der Waals surface area (Å²) in [6.45, 7) is 2.36. The Morgan fingerprint density at radius 1 is 1.00 bits per heavy atom. The highest BCUT2D eigenvalue weighted by molar-refractivity contribution is 4.86. The Kier molecular flexibility index (Phi) is 1.69. The Labute approximate surface area is 62.8 Å².